The highest BCUT2D eigenvalue weighted by atomic mass is 32.3. The van der Waals surface area contributed by atoms with Gasteiger partial charge in [0.15, 0.2) is 0 Å². The van der Waals surface area contributed by atoms with Crippen molar-refractivity contribution in [3.8, 4) is 0 Å². The van der Waals surface area contributed by atoms with Gasteiger partial charge in [0.2, 0.25) is 0 Å². The molecule has 0 amide bonds. The summed E-state index contributed by atoms with van der Waals surface area (Å²) < 4.78 is 65.2. The number of rotatable bonds is 6. The Morgan fingerprint density at radius 1 is 0.933 bits per heavy atom. The number of nitrogens with one attached hydrogen (secondary N) is 1. The molecule has 0 radical (unpaired) electrons. The highest BCUT2D eigenvalue weighted by molar-refractivity contribution is 7.81. The molecule has 0 saturated heterocycles. The first-order valence-electron chi connectivity index (χ1n) is 3.57. The van der Waals surface area contributed by atoms with Gasteiger partial charge in [-0.05, 0) is 13.8 Å². The summed E-state index contributed by atoms with van der Waals surface area (Å²) in [5, 5.41) is 2.17. The molecule has 0 aliphatic heterocycles. The molecular formula is C4H11NO8S2. The number of hydrogen-bond acceptors (Lipinski definition) is 7. The van der Waals surface area contributed by atoms with Gasteiger partial charge in [-0.15, -0.1) is 0 Å². The van der Waals surface area contributed by atoms with Crippen molar-refractivity contribution in [1.29, 1.82) is 0 Å². The minimum absolute atomic E-state index is 1.18. The zero-order chi connectivity index (χ0) is 12.3. The van der Waals surface area contributed by atoms with Crippen LogP contribution in [0.25, 0.3) is 0 Å². The van der Waals surface area contributed by atoms with E-state index in [2.05, 4.69) is 13.7 Å². The Hall–Kier alpha value is -0.300. The lowest BCUT2D eigenvalue weighted by molar-refractivity contribution is 0.0842. The maximum atomic E-state index is 10.2. The Balaban J connectivity index is 4.14. The molecule has 0 aromatic rings. The van der Waals surface area contributed by atoms with Gasteiger partial charge < -0.3 is 0 Å². The fraction of sp³-hybridized carbons (Fsp3) is 1.00. The second kappa shape index (κ2) is 5.16. The Kier molecular flexibility index (Phi) is 5.05. The Bertz CT molecular complexity index is 347. The molecular weight excluding hydrogens is 254 g/mol. The Morgan fingerprint density at radius 2 is 1.20 bits per heavy atom. The van der Waals surface area contributed by atoms with Gasteiger partial charge in [0.1, 0.15) is 12.5 Å². The van der Waals surface area contributed by atoms with Gasteiger partial charge in [-0.1, -0.05) is 0 Å². The molecule has 0 fully saturated rings. The van der Waals surface area contributed by atoms with E-state index in [0.29, 0.717) is 0 Å². The summed E-state index contributed by atoms with van der Waals surface area (Å²) in [5.74, 6) is 0. The van der Waals surface area contributed by atoms with Crippen molar-refractivity contribution in [2.45, 2.75) is 26.3 Å². The molecule has 2 unspecified atom stereocenters. The third-order valence-electron chi connectivity index (χ3n) is 1.00. The summed E-state index contributed by atoms with van der Waals surface area (Å²) in [6.45, 7) is 2.36. The zero-order valence-electron chi connectivity index (χ0n) is 7.82. The molecule has 0 rings (SSSR count). The lowest BCUT2D eigenvalue weighted by Gasteiger charge is -2.16. The highest BCUT2D eigenvalue weighted by Gasteiger charge is 2.18. The van der Waals surface area contributed by atoms with Crippen LogP contribution in [-0.2, 0) is 29.2 Å². The minimum atomic E-state index is -4.64. The molecule has 0 spiro atoms. The zero-order valence-corrected chi connectivity index (χ0v) is 9.45. The quantitative estimate of drug-likeness (QED) is 0.403. The molecule has 0 aromatic heterocycles. The van der Waals surface area contributed by atoms with Gasteiger partial charge in [-0.2, -0.15) is 16.8 Å². The van der Waals surface area contributed by atoms with Gasteiger partial charge in [-0.3, -0.25) is 14.4 Å². The molecule has 2 atom stereocenters. The standard InChI is InChI=1S/C4H11NO8S2/c1-3(12-14(6,7)8)5-4(2)13-15(9,10)11/h3-5H,1-2H3,(H,6,7,8)(H,9,10,11). The van der Waals surface area contributed by atoms with Crippen molar-refractivity contribution in [2.24, 2.45) is 0 Å². The van der Waals surface area contributed by atoms with Gasteiger partial charge >= 0.3 is 20.8 Å². The first kappa shape index (κ1) is 14.7. The van der Waals surface area contributed by atoms with Crippen LogP contribution in [0.3, 0.4) is 0 Å². The summed E-state index contributed by atoms with van der Waals surface area (Å²) >= 11 is 0. The predicted octanol–water partition coefficient (Wildman–Crippen LogP) is -1.09. The molecule has 9 nitrogen and oxygen atoms in total. The van der Waals surface area contributed by atoms with Crippen molar-refractivity contribution in [3.63, 3.8) is 0 Å². The van der Waals surface area contributed by atoms with E-state index in [9.17, 15) is 16.8 Å². The van der Waals surface area contributed by atoms with E-state index in [1.165, 1.54) is 13.8 Å². The molecule has 0 aliphatic rings. The summed E-state index contributed by atoms with van der Waals surface area (Å²) in [4.78, 5) is 0. The van der Waals surface area contributed by atoms with Crippen LogP contribution in [0.5, 0.6) is 0 Å². The van der Waals surface area contributed by atoms with Gasteiger partial charge in [0.25, 0.3) is 0 Å². The van der Waals surface area contributed by atoms with Gasteiger partial charge in [0.05, 0.1) is 0 Å². The molecule has 0 bridgehead atoms. The average Bonchev–Trinajstić information content (AvgIpc) is 1.73. The monoisotopic (exact) mass is 265 g/mol. The Morgan fingerprint density at radius 3 is 1.40 bits per heavy atom. The molecule has 0 aliphatic carbocycles. The van der Waals surface area contributed by atoms with Crippen LogP contribution >= 0.6 is 0 Å². The van der Waals surface area contributed by atoms with E-state index in [4.69, 9.17) is 9.11 Å². The maximum Gasteiger partial charge on any atom is 0.398 e. The van der Waals surface area contributed by atoms with Crippen LogP contribution in [0, 0.1) is 0 Å². The van der Waals surface area contributed by atoms with Crippen molar-refractivity contribution < 1.29 is 34.3 Å². The van der Waals surface area contributed by atoms with Crippen LogP contribution in [0.1, 0.15) is 13.8 Å². The van der Waals surface area contributed by atoms with E-state index in [1.54, 1.807) is 0 Å². The van der Waals surface area contributed by atoms with E-state index in [1.807, 2.05) is 0 Å². The Labute approximate surface area is 87.3 Å². The third kappa shape index (κ3) is 9.99. The fourth-order valence-corrected chi connectivity index (χ4v) is 1.59. The van der Waals surface area contributed by atoms with Crippen LogP contribution in [0.15, 0.2) is 0 Å². The largest absolute Gasteiger partial charge is 0.398 e. The van der Waals surface area contributed by atoms with Gasteiger partial charge in [0, 0.05) is 0 Å². The van der Waals surface area contributed by atoms with Crippen molar-refractivity contribution >= 4 is 20.8 Å². The number of hydrogen-bond donors (Lipinski definition) is 3. The van der Waals surface area contributed by atoms with Crippen LogP contribution in [0.2, 0.25) is 0 Å². The first-order chi connectivity index (χ1) is 6.49. The maximum absolute atomic E-state index is 10.2. The normalized spacial score (nSPS) is 17.3. The van der Waals surface area contributed by atoms with Gasteiger partial charge in [-0.25, -0.2) is 8.37 Å². The molecule has 0 aromatic carbocycles. The average molecular weight is 265 g/mol. The fourth-order valence-electron chi connectivity index (χ4n) is 0.751. The van der Waals surface area contributed by atoms with Crippen molar-refractivity contribution in [2.75, 3.05) is 0 Å². The lowest BCUT2D eigenvalue weighted by Crippen LogP contribution is -2.40. The summed E-state index contributed by atoms with van der Waals surface area (Å²) in [5.41, 5.74) is 0. The van der Waals surface area contributed by atoms with Crippen molar-refractivity contribution in [3.05, 3.63) is 0 Å². The summed E-state index contributed by atoms with van der Waals surface area (Å²) in [6, 6.07) is 0. The minimum Gasteiger partial charge on any atom is -0.265 e. The summed E-state index contributed by atoms with van der Waals surface area (Å²) in [7, 11) is -9.29. The summed E-state index contributed by atoms with van der Waals surface area (Å²) in [6.07, 6.45) is -2.45. The van der Waals surface area contributed by atoms with Crippen molar-refractivity contribution in [1.82, 2.24) is 5.32 Å². The second-order valence-electron chi connectivity index (χ2n) is 2.50. The van der Waals surface area contributed by atoms with Crippen LogP contribution < -0.4 is 5.32 Å². The van der Waals surface area contributed by atoms with Crippen LogP contribution in [0.4, 0.5) is 0 Å². The van der Waals surface area contributed by atoms with E-state index in [-0.39, 0.29) is 0 Å². The predicted molar refractivity (Wildman–Crippen MR) is 47.3 cm³/mol. The molecule has 0 saturated carbocycles. The molecule has 92 valence electrons. The molecule has 3 N–H and O–H groups in total. The molecule has 15 heavy (non-hydrogen) atoms. The first-order valence-corrected chi connectivity index (χ1v) is 6.30. The molecule has 0 heterocycles. The SMILES string of the molecule is CC(NC(C)OS(=O)(=O)O)OS(=O)(=O)O. The van der Waals surface area contributed by atoms with E-state index in [0.717, 1.165) is 0 Å². The highest BCUT2D eigenvalue weighted by Crippen LogP contribution is 1.98. The lowest BCUT2D eigenvalue weighted by atomic mass is 10.6. The molecule has 11 heteroatoms. The van der Waals surface area contributed by atoms with E-state index >= 15 is 0 Å². The van der Waals surface area contributed by atoms with Crippen LogP contribution in [-0.4, -0.2) is 38.4 Å². The topological polar surface area (TPSA) is 139 Å². The second-order valence-corrected chi connectivity index (χ2v) is 4.59. The third-order valence-corrected chi connectivity index (χ3v) is 2.07. The smallest absolute Gasteiger partial charge is 0.265 e. The van der Waals surface area contributed by atoms with E-state index < -0.39 is 33.3 Å².